The van der Waals surface area contributed by atoms with Crippen molar-refractivity contribution in [2.24, 2.45) is 0 Å². The van der Waals surface area contributed by atoms with Crippen molar-refractivity contribution in [1.82, 2.24) is 4.98 Å². The summed E-state index contributed by atoms with van der Waals surface area (Å²) >= 11 is 3.18. The number of aryl methyl sites for hydroxylation is 1. The molecule has 1 rings (SSSR count). The molecule has 0 aliphatic rings. The number of rotatable bonds is 3. The normalized spacial score (nSPS) is 11.5. The van der Waals surface area contributed by atoms with Crippen LogP contribution in [0.3, 0.4) is 0 Å². The first-order chi connectivity index (χ1) is 5.97. The van der Waals surface area contributed by atoms with E-state index in [2.05, 4.69) is 20.9 Å². The van der Waals surface area contributed by atoms with Crippen LogP contribution >= 0.6 is 15.9 Å². The van der Waals surface area contributed by atoms with Crippen LogP contribution < -0.4 is 0 Å². The maximum atomic E-state index is 12.1. The molecule has 0 fully saturated rings. The molecule has 0 saturated carbocycles. The number of hydrogen-bond donors (Lipinski definition) is 0. The maximum Gasteiger partial charge on any atom is 0.302 e. The fourth-order valence-electron chi connectivity index (χ4n) is 0.781. The summed E-state index contributed by atoms with van der Waals surface area (Å²) in [6.07, 6.45) is 1.65. The Hall–Kier alpha value is -0.490. The summed E-state index contributed by atoms with van der Waals surface area (Å²) in [5, 5.41) is 0. The zero-order valence-electron chi connectivity index (χ0n) is 6.57. The minimum atomic E-state index is -4.38. The number of hydrogen-bond acceptors (Lipinski definition) is 3. The van der Waals surface area contributed by atoms with Crippen LogP contribution in [0, 0.1) is 0 Å². The van der Waals surface area contributed by atoms with Crippen molar-refractivity contribution in [1.29, 1.82) is 0 Å². The molecular formula is C7H7BrFNO2S. The lowest BCUT2D eigenvalue weighted by molar-refractivity contribution is 0.551. The van der Waals surface area contributed by atoms with E-state index in [1.54, 1.807) is 18.3 Å². The molecule has 1 aromatic rings. The average Bonchev–Trinajstić information content (AvgIpc) is 2.02. The van der Waals surface area contributed by atoms with Crippen molar-refractivity contribution in [3.05, 3.63) is 28.5 Å². The lowest BCUT2D eigenvalue weighted by Crippen LogP contribution is -2.03. The molecule has 0 spiro atoms. The van der Waals surface area contributed by atoms with Gasteiger partial charge in [0.1, 0.15) is 0 Å². The Balaban J connectivity index is 2.61. The number of aromatic nitrogens is 1. The summed E-state index contributed by atoms with van der Waals surface area (Å²) in [7, 11) is -4.38. The molecule has 0 aliphatic heterocycles. The largest absolute Gasteiger partial charge is 0.302 e. The van der Waals surface area contributed by atoms with Crippen molar-refractivity contribution < 1.29 is 12.3 Å². The molecule has 0 unspecified atom stereocenters. The maximum absolute atomic E-state index is 12.1. The topological polar surface area (TPSA) is 47.0 Å². The zero-order chi connectivity index (χ0) is 9.90. The molecule has 1 aromatic heterocycles. The molecule has 0 radical (unpaired) electrons. The van der Waals surface area contributed by atoms with Crippen LogP contribution in [0.4, 0.5) is 3.89 Å². The second kappa shape index (κ2) is 4.15. The third-order valence-corrected chi connectivity index (χ3v) is 2.55. The summed E-state index contributed by atoms with van der Waals surface area (Å²) < 4.78 is 33.2. The van der Waals surface area contributed by atoms with E-state index >= 15 is 0 Å². The Bertz CT molecular complexity index is 376. The van der Waals surface area contributed by atoms with Crippen LogP contribution in [0.5, 0.6) is 0 Å². The van der Waals surface area contributed by atoms with E-state index in [0.717, 1.165) is 4.47 Å². The van der Waals surface area contributed by atoms with Crippen molar-refractivity contribution in [2.75, 3.05) is 5.75 Å². The fraction of sp³-hybridized carbons (Fsp3) is 0.286. The van der Waals surface area contributed by atoms with Gasteiger partial charge in [-0.3, -0.25) is 4.98 Å². The van der Waals surface area contributed by atoms with E-state index in [4.69, 9.17) is 0 Å². The Morgan fingerprint density at radius 2 is 2.15 bits per heavy atom. The van der Waals surface area contributed by atoms with Crippen LogP contribution in [0.25, 0.3) is 0 Å². The van der Waals surface area contributed by atoms with E-state index in [9.17, 15) is 12.3 Å². The van der Waals surface area contributed by atoms with Gasteiger partial charge in [-0.15, -0.1) is 3.89 Å². The van der Waals surface area contributed by atoms with E-state index in [1.165, 1.54) is 0 Å². The first kappa shape index (κ1) is 10.6. The Morgan fingerprint density at radius 1 is 1.46 bits per heavy atom. The number of nitrogens with zero attached hydrogens (tertiary/aromatic N) is 1. The van der Waals surface area contributed by atoms with Crippen LogP contribution in [-0.2, 0) is 16.6 Å². The molecule has 6 heteroatoms. The molecule has 72 valence electrons. The van der Waals surface area contributed by atoms with Gasteiger partial charge in [-0.1, -0.05) is 0 Å². The van der Waals surface area contributed by atoms with Crippen LogP contribution in [0.1, 0.15) is 5.69 Å². The first-order valence-corrected chi connectivity index (χ1v) is 5.85. The molecule has 0 bridgehead atoms. The minimum Gasteiger partial charge on any atom is -0.260 e. The fourth-order valence-corrected chi connectivity index (χ4v) is 1.47. The van der Waals surface area contributed by atoms with Gasteiger partial charge < -0.3 is 0 Å². The highest BCUT2D eigenvalue weighted by atomic mass is 79.9. The quantitative estimate of drug-likeness (QED) is 0.784. The van der Waals surface area contributed by atoms with Crippen LogP contribution in [0.2, 0.25) is 0 Å². The molecule has 0 saturated heterocycles. The Morgan fingerprint density at radius 3 is 2.62 bits per heavy atom. The highest BCUT2D eigenvalue weighted by molar-refractivity contribution is 9.10. The van der Waals surface area contributed by atoms with Gasteiger partial charge in [0.05, 0.1) is 5.75 Å². The van der Waals surface area contributed by atoms with Gasteiger partial charge >= 0.3 is 10.2 Å². The molecule has 0 aromatic carbocycles. The molecular weight excluding hydrogens is 261 g/mol. The summed E-state index contributed by atoms with van der Waals surface area (Å²) in [5.41, 5.74) is 0.560. The van der Waals surface area contributed by atoms with E-state index < -0.39 is 16.0 Å². The molecule has 0 amide bonds. The summed E-state index contributed by atoms with van der Waals surface area (Å²) in [5.74, 6) is -0.512. The molecule has 3 nitrogen and oxygen atoms in total. The van der Waals surface area contributed by atoms with Gasteiger partial charge in [-0.25, -0.2) is 0 Å². The van der Waals surface area contributed by atoms with Gasteiger partial charge in [-0.05, 0) is 28.1 Å². The van der Waals surface area contributed by atoms with Gasteiger partial charge in [0.25, 0.3) is 0 Å². The molecule has 0 atom stereocenters. The summed E-state index contributed by atoms with van der Waals surface area (Å²) in [6.45, 7) is 0. The minimum absolute atomic E-state index is 0.103. The molecule has 0 N–H and O–H groups in total. The zero-order valence-corrected chi connectivity index (χ0v) is 8.98. The summed E-state index contributed by atoms with van der Waals surface area (Å²) in [4.78, 5) is 3.90. The SMILES string of the molecule is O=S(=O)(F)CCc1ccc(Br)cn1. The van der Waals surface area contributed by atoms with Crippen LogP contribution in [0.15, 0.2) is 22.8 Å². The highest BCUT2D eigenvalue weighted by Gasteiger charge is 2.07. The van der Waals surface area contributed by atoms with E-state index in [1.807, 2.05) is 0 Å². The highest BCUT2D eigenvalue weighted by Crippen LogP contribution is 2.08. The van der Waals surface area contributed by atoms with Gasteiger partial charge in [0, 0.05) is 22.8 Å². The standard InChI is InChI=1S/C7H7BrFNO2S/c8-6-1-2-7(10-5-6)3-4-13(9,11)12/h1-2,5H,3-4H2. The van der Waals surface area contributed by atoms with Gasteiger partial charge in [0.2, 0.25) is 0 Å². The Kier molecular flexibility index (Phi) is 3.38. The second-order valence-corrected chi connectivity index (χ2v) is 4.86. The molecule has 1 heterocycles. The third kappa shape index (κ3) is 4.33. The predicted molar refractivity (Wildman–Crippen MR) is 50.5 cm³/mol. The molecule has 13 heavy (non-hydrogen) atoms. The lowest BCUT2D eigenvalue weighted by Gasteiger charge is -1.96. The number of pyridine rings is 1. The monoisotopic (exact) mass is 267 g/mol. The van der Waals surface area contributed by atoms with Crippen LogP contribution in [-0.4, -0.2) is 19.2 Å². The number of halogens is 2. The predicted octanol–water partition coefficient (Wildman–Crippen LogP) is 1.69. The van der Waals surface area contributed by atoms with Crippen molar-refractivity contribution in [3.8, 4) is 0 Å². The van der Waals surface area contributed by atoms with E-state index in [-0.39, 0.29) is 6.42 Å². The van der Waals surface area contributed by atoms with Gasteiger partial charge in [0.15, 0.2) is 0 Å². The first-order valence-electron chi connectivity index (χ1n) is 3.50. The smallest absolute Gasteiger partial charge is 0.260 e. The molecule has 0 aliphatic carbocycles. The summed E-state index contributed by atoms with van der Waals surface area (Å²) in [6, 6.07) is 3.38. The second-order valence-electron chi connectivity index (χ2n) is 2.46. The van der Waals surface area contributed by atoms with Crippen molar-refractivity contribution in [2.45, 2.75) is 6.42 Å². The van der Waals surface area contributed by atoms with E-state index in [0.29, 0.717) is 5.69 Å². The van der Waals surface area contributed by atoms with Crippen molar-refractivity contribution >= 4 is 26.2 Å². The Labute approximate surface area is 84.3 Å². The van der Waals surface area contributed by atoms with Crippen molar-refractivity contribution in [3.63, 3.8) is 0 Å². The average molecular weight is 268 g/mol. The lowest BCUT2D eigenvalue weighted by atomic mass is 10.3. The third-order valence-electron chi connectivity index (χ3n) is 1.39. The van der Waals surface area contributed by atoms with Gasteiger partial charge in [-0.2, -0.15) is 8.42 Å².